The number of amides is 1. The van der Waals surface area contributed by atoms with Crippen molar-refractivity contribution in [3.63, 3.8) is 0 Å². The maximum absolute atomic E-state index is 14.4. The van der Waals surface area contributed by atoms with Crippen molar-refractivity contribution in [2.75, 3.05) is 4.90 Å². The number of halogens is 2. The summed E-state index contributed by atoms with van der Waals surface area (Å²) in [6, 6.07) is 18.2. The van der Waals surface area contributed by atoms with Gasteiger partial charge in [0.25, 0.3) is 0 Å². The molecule has 3 atom stereocenters. The molecule has 0 unspecified atom stereocenters. The van der Waals surface area contributed by atoms with E-state index in [2.05, 4.69) is 9.71 Å². The van der Waals surface area contributed by atoms with E-state index in [0.717, 1.165) is 47.8 Å². The van der Waals surface area contributed by atoms with Crippen molar-refractivity contribution in [3.8, 4) is 0 Å². The lowest BCUT2D eigenvalue weighted by Crippen LogP contribution is -2.34. The molecule has 1 heterocycles. The highest BCUT2D eigenvalue weighted by Gasteiger charge is 2.46. The van der Waals surface area contributed by atoms with Gasteiger partial charge in [0.15, 0.2) is 0 Å². The molecule has 2 aliphatic carbocycles. The molecule has 1 aromatic heterocycles. The van der Waals surface area contributed by atoms with Crippen LogP contribution in [0.3, 0.4) is 0 Å². The number of hydrogen-bond donors (Lipinski definition) is 1. The summed E-state index contributed by atoms with van der Waals surface area (Å²) in [4.78, 5) is 19.8. The number of aromatic nitrogens is 2. The van der Waals surface area contributed by atoms with Gasteiger partial charge in [0.1, 0.15) is 16.5 Å². The molecule has 1 N–H and O–H groups in total. The smallest absolute Gasteiger partial charge is 0.244 e. The number of carbonyl (C=O) groups excluding carboxylic acids is 1. The number of imidazole rings is 1. The van der Waals surface area contributed by atoms with Crippen LogP contribution in [-0.2, 0) is 34.8 Å². The summed E-state index contributed by atoms with van der Waals surface area (Å²) in [6.07, 6.45) is 6.43. The van der Waals surface area contributed by atoms with E-state index in [0.29, 0.717) is 17.1 Å². The van der Waals surface area contributed by atoms with E-state index in [9.17, 15) is 17.6 Å². The first kappa shape index (κ1) is 27.6. The van der Waals surface area contributed by atoms with Crippen LogP contribution in [0, 0.1) is 11.7 Å². The largest absolute Gasteiger partial charge is 0.337 e. The summed E-state index contributed by atoms with van der Waals surface area (Å²) < 4.78 is 45.3. The molecule has 10 heteroatoms. The Bertz CT molecular complexity index is 1710. The van der Waals surface area contributed by atoms with E-state index in [1.54, 1.807) is 11.1 Å². The molecule has 0 bridgehead atoms. The molecule has 2 aliphatic rings. The number of carbonyl (C=O) groups is 1. The third kappa shape index (κ3) is 5.66. The SMILES string of the molecule is Cn1ccnc1CN(C(=O)[C@H]1C[C@@H]1c1ccc(Cl)cc1)c1ccc2c(c1)[C@H](NS(=O)(=O)c1ccccc1F)CCC2. The first-order valence-corrected chi connectivity index (χ1v) is 15.5. The summed E-state index contributed by atoms with van der Waals surface area (Å²) in [7, 11) is -2.21. The van der Waals surface area contributed by atoms with Crippen LogP contribution in [0.15, 0.2) is 84.0 Å². The number of aryl methyl sites for hydroxylation is 2. The van der Waals surface area contributed by atoms with Crippen molar-refractivity contribution in [2.45, 2.75) is 49.1 Å². The zero-order chi connectivity index (χ0) is 28.7. The predicted molar refractivity (Wildman–Crippen MR) is 156 cm³/mol. The quantitative estimate of drug-likeness (QED) is 0.276. The fourth-order valence-corrected chi connectivity index (χ4v) is 7.18. The standard InChI is InChI=1S/C31H30ClFN4O3S/c1-36-16-15-34-30(36)19-37(31(38)26-18-24(26)21-9-12-22(32)13-10-21)23-14-11-20-5-4-7-28(25(20)17-23)35-41(39,40)29-8-3-2-6-27(29)33/h2-3,6,8-17,24,26,28,35H,4-5,7,18-19H2,1H3/t24-,26+,28-/m1/s1. The van der Waals surface area contributed by atoms with E-state index in [1.165, 1.54) is 18.2 Å². The van der Waals surface area contributed by atoms with Gasteiger partial charge in [-0.05, 0) is 84.7 Å². The molecule has 1 fully saturated rings. The molecule has 0 aliphatic heterocycles. The van der Waals surface area contributed by atoms with Crippen molar-refractivity contribution in [2.24, 2.45) is 13.0 Å². The van der Waals surface area contributed by atoms with Gasteiger partial charge in [-0.25, -0.2) is 22.5 Å². The van der Waals surface area contributed by atoms with E-state index in [-0.39, 0.29) is 29.2 Å². The monoisotopic (exact) mass is 592 g/mol. The van der Waals surface area contributed by atoms with Gasteiger partial charge < -0.3 is 9.47 Å². The number of nitrogens with one attached hydrogen (secondary N) is 1. The van der Waals surface area contributed by atoms with Crippen LogP contribution in [0.1, 0.15) is 53.7 Å². The van der Waals surface area contributed by atoms with E-state index in [1.807, 2.05) is 60.3 Å². The van der Waals surface area contributed by atoms with Gasteiger partial charge in [-0.1, -0.05) is 41.9 Å². The second kappa shape index (κ2) is 11.0. The summed E-state index contributed by atoms with van der Waals surface area (Å²) in [6.45, 7) is 0.274. The van der Waals surface area contributed by atoms with Crippen LogP contribution < -0.4 is 9.62 Å². The molecule has 1 amide bonds. The molecular weight excluding hydrogens is 563 g/mol. The highest BCUT2D eigenvalue weighted by molar-refractivity contribution is 7.89. The van der Waals surface area contributed by atoms with Gasteiger partial charge in [0.2, 0.25) is 15.9 Å². The van der Waals surface area contributed by atoms with Crippen LogP contribution in [0.2, 0.25) is 5.02 Å². The molecule has 0 spiro atoms. The number of benzene rings is 3. The number of sulfonamides is 1. The first-order valence-electron chi connectivity index (χ1n) is 13.6. The molecule has 1 saturated carbocycles. The normalized spacial score (nSPS) is 19.9. The van der Waals surface area contributed by atoms with Crippen LogP contribution in [-0.4, -0.2) is 23.9 Å². The van der Waals surface area contributed by atoms with Crippen molar-refractivity contribution in [3.05, 3.63) is 112 Å². The van der Waals surface area contributed by atoms with Crippen molar-refractivity contribution in [1.82, 2.24) is 14.3 Å². The molecule has 212 valence electrons. The molecule has 4 aromatic rings. The molecule has 0 radical (unpaired) electrons. The highest BCUT2D eigenvalue weighted by Crippen LogP contribution is 2.49. The fourth-order valence-electron chi connectivity index (χ4n) is 5.72. The van der Waals surface area contributed by atoms with Crippen LogP contribution in [0.5, 0.6) is 0 Å². The van der Waals surface area contributed by atoms with E-state index >= 15 is 0 Å². The Morgan fingerprint density at radius 1 is 1.15 bits per heavy atom. The van der Waals surface area contributed by atoms with E-state index < -0.39 is 21.9 Å². The second-order valence-electron chi connectivity index (χ2n) is 10.8. The first-order chi connectivity index (χ1) is 19.7. The minimum absolute atomic E-state index is 0.00723. The zero-order valence-corrected chi connectivity index (χ0v) is 24.1. The Balaban J connectivity index is 1.32. The Morgan fingerprint density at radius 2 is 1.93 bits per heavy atom. The Hall–Kier alpha value is -3.53. The highest BCUT2D eigenvalue weighted by atomic mass is 35.5. The minimum Gasteiger partial charge on any atom is -0.337 e. The maximum atomic E-state index is 14.4. The molecule has 3 aromatic carbocycles. The lowest BCUT2D eigenvalue weighted by Gasteiger charge is -2.29. The van der Waals surface area contributed by atoms with E-state index in [4.69, 9.17) is 11.6 Å². The van der Waals surface area contributed by atoms with Gasteiger partial charge in [-0.15, -0.1) is 0 Å². The molecule has 41 heavy (non-hydrogen) atoms. The summed E-state index contributed by atoms with van der Waals surface area (Å²) in [5.41, 5.74) is 3.57. The molecule has 6 rings (SSSR count). The third-order valence-corrected chi connectivity index (χ3v) is 9.83. The van der Waals surface area contributed by atoms with Gasteiger partial charge in [-0.3, -0.25) is 4.79 Å². The second-order valence-corrected chi connectivity index (χ2v) is 12.9. The number of hydrogen-bond acceptors (Lipinski definition) is 4. The molecule has 7 nitrogen and oxygen atoms in total. The lowest BCUT2D eigenvalue weighted by atomic mass is 9.87. The lowest BCUT2D eigenvalue weighted by molar-refractivity contribution is -0.120. The van der Waals surface area contributed by atoms with Crippen molar-refractivity contribution in [1.29, 1.82) is 0 Å². The summed E-state index contributed by atoms with van der Waals surface area (Å²) in [5.74, 6) is -0.135. The number of nitrogens with zero attached hydrogens (tertiary/aromatic N) is 3. The number of rotatable bonds is 8. The molecule has 0 saturated heterocycles. The van der Waals surface area contributed by atoms with Gasteiger partial charge in [0.05, 0.1) is 6.54 Å². The minimum atomic E-state index is -4.10. The van der Waals surface area contributed by atoms with Crippen LogP contribution in [0.4, 0.5) is 10.1 Å². The van der Waals surface area contributed by atoms with Gasteiger partial charge >= 0.3 is 0 Å². The van der Waals surface area contributed by atoms with Crippen molar-refractivity contribution < 1.29 is 17.6 Å². The zero-order valence-electron chi connectivity index (χ0n) is 22.5. The maximum Gasteiger partial charge on any atom is 0.244 e. The number of anilines is 1. The summed E-state index contributed by atoms with van der Waals surface area (Å²) in [5, 5.41) is 0.655. The average molecular weight is 593 g/mol. The van der Waals surface area contributed by atoms with Crippen LogP contribution in [0.25, 0.3) is 0 Å². The Kier molecular flexibility index (Phi) is 7.44. The molecular formula is C31H30ClFN4O3S. The van der Waals surface area contributed by atoms with Crippen LogP contribution >= 0.6 is 11.6 Å². The van der Waals surface area contributed by atoms with Crippen molar-refractivity contribution >= 4 is 33.2 Å². The average Bonchev–Trinajstić information content (AvgIpc) is 3.66. The Morgan fingerprint density at radius 3 is 2.66 bits per heavy atom. The predicted octanol–water partition coefficient (Wildman–Crippen LogP) is 5.91. The van der Waals surface area contributed by atoms with Gasteiger partial charge in [0, 0.05) is 42.1 Å². The number of fused-ring (bicyclic) bond motifs is 1. The Labute approximate surface area is 244 Å². The fraction of sp³-hybridized carbons (Fsp3) is 0.290. The summed E-state index contributed by atoms with van der Waals surface area (Å²) >= 11 is 6.07. The third-order valence-electron chi connectivity index (χ3n) is 8.07. The van der Waals surface area contributed by atoms with Gasteiger partial charge in [-0.2, -0.15) is 0 Å². The topological polar surface area (TPSA) is 84.3 Å².